The lowest BCUT2D eigenvalue weighted by Crippen LogP contribution is -2.02. The summed E-state index contributed by atoms with van der Waals surface area (Å²) in [5.74, 6) is 0.284. The van der Waals surface area contributed by atoms with Crippen molar-refractivity contribution in [1.82, 2.24) is 0 Å². The van der Waals surface area contributed by atoms with Gasteiger partial charge in [0.25, 0.3) is 0 Å². The lowest BCUT2D eigenvalue weighted by molar-refractivity contribution is 0.192. The molecule has 0 radical (unpaired) electrons. The SMILES string of the molecule is O=P(O)(F)OCC1CCCC1. The molecule has 0 aromatic carbocycles. The predicted octanol–water partition coefficient (Wildman–Crippen LogP) is 2.26. The zero-order chi connectivity index (χ0) is 8.32. The Hall–Kier alpha value is 0.0800. The van der Waals surface area contributed by atoms with Gasteiger partial charge in [-0.05, 0) is 18.8 Å². The quantitative estimate of drug-likeness (QED) is 0.681. The van der Waals surface area contributed by atoms with Gasteiger partial charge >= 0.3 is 7.91 Å². The van der Waals surface area contributed by atoms with Gasteiger partial charge in [0.1, 0.15) is 0 Å². The lowest BCUT2D eigenvalue weighted by atomic mass is 10.1. The maximum Gasteiger partial charge on any atom is 0.510 e. The van der Waals surface area contributed by atoms with Gasteiger partial charge in [-0.3, -0.25) is 9.42 Å². The molecule has 0 aromatic rings. The van der Waals surface area contributed by atoms with E-state index in [0.717, 1.165) is 25.7 Å². The van der Waals surface area contributed by atoms with E-state index in [4.69, 9.17) is 4.89 Å². The molecule has 0 aliphatic heterocycles. The third kappa shape index (κ3) is 3.85. The molecule has 3 nitrogen and oxygen atoms in total. The lowest BCUT2D eigenvalue weighted by Gasteiger charge is -2.08. The Morgan fingerprint density at radius 2 is 2.09 bits per heavy atom. The Kier molecular flexibility index (Phi) is 3.05. The van der Waals surface area contributed by atoms with Crippen LogP contribution >= 0.6 is 7.91 Å². The fourth-order valence-electron chi connectivity index (χ4n) is 1.37. The van der Waals surface area contributed by atoms with Crippen molar-refractivity contribution in [1.29, 1.82) is 0 Å². The molecule has 0 spiro atoms. The minimum Gasteiger partial charge on any atom is -0.299 e. The number of rotatable bonds is 3. The van der Waals surface area contributed by atoms with Gasteiger partial charge in [0.05, 0.1) is 6.61 Å². The third-order valence-electron chi connectivity index (χ3n) is 1.94. The molecule has 1 rings (SSSR count). The highest BCUT2D eigenvalue weighted by atomic mass is 31.2. The van der Waals surface area contributed by atoms with E-state index in [1.54, 1.807) is 0 Å². The topological polar surface area (TPSA) is 46.5 Å². The van der Waals surface area contributed by atoms with Gasteiger partial charge in [0.2, 0.25) is 0 Å². The van der Waals surface area contributed by atoms with Crippen molar-refractivity contribution in [2.24, 2.45) is 5.92 Å². The Bertz CT molecular complexity index is 161. The first kappa shape index (κ1) is 9.17. The van der Waals surface area contributed by atoms with Crippen LogP contribution in [0.5, 0.6) is 0 Å². The molecule has 66 valence electrons. The average molecular weight is 182 g/mol. The van der Waals surface area contributed by atoms with Crippen molar-refractivity contribution in [2.75, 3.05) is 6.61 Å². The van der Waals surface area contributed by atoms with Gasteiger partial charge in [0.15, 0.2) is 0 Å². The van der Waals surface area contributed by atoms with Crippen LogP contribution in [0.15, 0.2) is 0 Å². The smallest absolute Gasteiger partial charge is 0.299 e. The van der Waals surface area contributed by atoms with E-state index in [1.807, 2.05) is 0 Å². The maximum absolute atomic E-state index is 11.9. The summed E-state index contributed by atoms with van der Waals surface area (Å²) >= 11 is 0. The van der Waals surface area contributed by atoms with Crippen LogP contribution in [0.4, 0.5) is 4.20 Å². The van der Waals surface area contributed by atoms with Gasteiger partial charge in [0, 0.05) is 0 Å². The van der Waals surface area contributed by atoms with Crippen LogP contribution < -0.4 is 0 Å². The van der Waals surface area contributed by atoms with Gasteiger partial charge < -0.3 is 0 Å². The summed E-state index contributed by atoms with van der Waals surface area (Å²) in [5.41, 5.74) is 0. The Morgan fingerprint density at radius 1 is 1.55 bits per heavy atom. The first-order chi connectivity index (χ1) is 5.08. The van der Waals surface area contributed by atoms with Crippen LogP contribution in [0.1, 0.15) is 25.7 Å². The van der Waals surface area contributed by atoms with Crippen molar-refractivity contribution in [3.8, 4) is 0 Å². The summed E-state index contributed by atoms with van der Waals surface area (Å²) in [4.78, 5) is 8.14. The summed E-state index contributed by atoms with van der Waals surface area (Å²) in [5, 5.41) is 0. The number of hydrogen-bond donors (Lipinski definition) is 1. The molecule has 11 heavy (non-hydrogen) atoms. The molecule has 1 aliphatic rings. The van der Waals surface area contributed by atoms with E-state index in [-0.39, 0.29) is 12.5 Å². The Labute approximate surface area is 65.2 Å². The van der Waals surface area contributed by atoms with Crippen LogP contribution in [-0.4, -0.2) is 11.5 Å². The second-order valence-electron chi connectivity index (χ2n) is 2.90. The highest BCUT2D eigenvalue weighted by molar-refractivity contribution is 7.46. The van der Waals surface area contributed by atoms with Crippen LogP contribution in [0.25, 0.3) is 0 Å². The standard InChI is InChI=1S/C6H12FO3P/c7-11(8,9)10-5-6-3-1-2-4-6/h6H,1-5H2,(H,8,9). The van der Waals surface area contributed by atoms with Crippen LogP contribution in [0.3, 0.4) is 0 Å². The van der Waals surface area contributed by atoms with E-state index in [1.165, 1.54) is 0 Å². The first-order valence-electron chi connectivity index (χ1n) is 3.75. The molecule has 0 bridgehead atoms. The fourth-order valence-corrected chi connectivity index (χ4v) is 1.77. The second-order valence-corrected chi connectivity index (χ2v) is 4.06. The van der Waals surface area contributed by atoms with E-state index >= 15 is 0 Å². The molecular formula is C6H12FO3P. The van der Waals surface area contributed by atoms with E-state index in [2.05, 4.69) is 4.52 Å². The maximum atomic E-state index is 11.9. The zero-order valence-corrected chi connectivity index (χ0v) is 7.10. The summed E-state index contributed by atoms with van der Waals surface area (Å²) in [6, 6.07) is 0. The van der Waals surface area contributed by atoms with Crippen molar-refractivity contribution < 1.29 is 18.2 Å². The van der Waals surface area contributed by atoms with Crippen molar-refractivity contribution in [3.05, 3.63) is 0 Å². The molecule has 1 unspecified atom stereocenters. The Morgan fingerprint density at radius 3 is 2.55 bits per heavy atom. The largest absolute Gasteiger partial charge is 0.510 e. The Balaban J connectivity index is 2.16. The molecular weight excluding hydrogens is 170 g/mol. The monoisotopic (exact) mass is 182 g/mol. The summed E-state index contributed by atoms with van der Waals surface area (Å²) in [6.45, 7) is 0.0876. The average Bonchev–Trinajstić information content (AvgIpc) is 2.32. The molecule has 5 heteroatoms. The van der Waals surface area contributed by atoms with Crippen molar-refractivity contribution in [3.63, 3.8) is 0 Å². The van der Waals surface area contributed by atoms with Gasteiger partial charge in [-0.1, -0.05) is 12.8 Å². The molecule has 0 saturated heterocycles. The fraction of sp³-hybridized carbons (Fsp3) is 1.00. The van der Waals surface area contributed by atoms with Crippen LogP contribution in [-0.2, 0) is 9.09 Å². The highest BCUT2D eigenvalue weighted by Crippen LogP contribution is 2.44. The molecule has 0 heterocycles. The van der Waals surface area contributed by atoms with Crippen molar-refractivity contribution in [2.45, 2.75) is 25.7 Å². The molecule has 0 aromatic heterocycles. The number of halogens is 1. The van der Waals surface area contributed by atoms with Crippen molar-refractivity contribution >= 4 is 7.91 Å². The summed E-state index contributed by atoms with van der Waals surface area (Å²) in [6.07, 6.45) is 4.21. The van der Waals surface area contributed by atoms with E-state index < -0.39 is 7.91 Å². The van der Waals surface area contributed by atoms with Gasteiger partial charge in [-0.15, -0.1) is 4.20 Å². The molecule has 1 aliphatic carbocycles. The molecule has 1 N–H and O–H groups in total. The van der Waals surface area contributed by atoms with E-state index in [0.29, 0.717) is 0 Å². The van der Waals surface area contributed by atoms with Crippen LogP contribution in [0.2, 0.25) is 0 Å². The molecule has 0 amide bonds. The second kappa shape index (κ2) is 3.65. The highest BCUT2D eigenvalue weighted by Gasteiger charge is 2.22. The summed E-state index contributed by atoms with van der Waals surface area (Å²) < 4.78 is 26.1. The van der Waals surface area contributed by atoms with Crippen LogP contribution in [0, 0.1) is 5.92 Å². The van der Waals surface area contributed by atoms with E-state index in [9.17, 15) is 8.76 Å². The number of hydrogen-bond acceptors (Lipinski definition) is 2. The minimum atomic E-state index is -4.72. The van der Waals surface area contributed by atoms with Gasteiger partial charge in [-0.25, -0.2) is 4.57 Å². The third-order valence-corrected chi connectivity index (χ3v) is 2.41. The predicted molar refractivity (Wildman–Crippen MR) is 38.8 cm³/mol. The molecule has 1 saturated carbocycles. The van der Waals surface area contributed by atoms with Gasteiger partial charge in [-0.2, -0.15) is 0 Å². The summed E-state index contributed by atoms with van der Waals surface area (Å²) in [7, 11) is -4.72. The normalized spacial score (nSPS) is 25.3. The molecule has 1 atom stereocenters. The zero-order valence-electron chi connectivity index (χ0n) is 6.20. The minimum absolute atomic E-state index is 0.0876. The molecule has 1 fully saturated rings. The first-order valence-corrected chi connectivity index (χ1v) is 5.22.